The maximum atomic E-state index is 12.9. The summed E-state index contributed by atoms with van der Waals surface area (Å²) in [5.74, 6) is -0.170. The first-order valence-electron chi connectivity index (χ1n) is 5.25. The van der Waals surface area contributed by atoms with E-state index in [0.29, 0.717) is 5.69 Å². The molecule has 3 heteroatoms. The van der Waals surface area contributed by atoms with E-state index in [-0.39, 0.29) is 11.6 Å². The molecule has 0 aliphatic rings. The highest BCUT2D eigenvalue weighted by Gasteiger charge is 1.98. The predicted molar refractivity (Wildman–Crippen MR) is 66.0 cm³/mol. The number of pyridine rings is 1. The quantitative estimate of drug-likeness (QED) is 0.856. The molecule has 1 aromatic heterocycles. The van der Waals surface area contributed by atoms with Crippen molar-refractivity contribution in [2.24, 2.45) is 0 Å². The molecule has 0 saturated heterocycles. The van der Waals surface area contributed by atoms with Crippen molar-refractivity contribution in [2.75, 3.05) is 0 Å². The van der Waals surface area contributed by atoms with Gasteiger partial charge in [0.05, 0.1) is 0 Å². The third kappa shape index (κ3) is 2.91. The van der Waals surface area contributed by atoms with Crippen molar-refractivity contribution in [3.8, 4) is 5.75 Å². The van der Waals surface area contributed by atoms with Crippen LogP contribution in [-0.2, 0) is 0 Å². The minimum atomic E-state index is -0.284. The van der Waals surface area contributed by atoms with Crippen LogP contribution in [0, 0.1) is 12.7 Å². The van der Waals surface area contributed by atoms with E-state index in [9.17, 15) is 9.50 Å². The fourth-order valence-corrected chi connectivity index (χ4v) is 1.48. The van der Waals surface area contributed by atoms with E-state index in [1.54, 1.807) is 36.4 Å². The summed E-state index contributed by atoms with van der Waals surface area (Å²) in [6, 6.07) is 9.55. The van der Waals surface area contributed by atoms with Crippen molar-refractivity contribution >= 4 is 12.2 Å². The van der Waals surface area contributed by atoms with E-state index >= 15 is 0 Å². The molecule has 0 fully saturated rings. The van der Waals surface area contributed by atoms with Crippen LogP contribution in [0.25, 0.3) is 12.2 Å². The van der Waals surface area contributed by atoms with E-state index in [2.05, 4.69) is 4.98 Å². The van der Waals surface area contributed by atoms with Gasteiger partial charge in [-0.05, 0) is 42.8 Å². The smallest absolute Gasteiger partial charge is 0.141 e. The van der Waals surface area contributed by atoms with Crippen LogP contribution in [0.3, 0.4) is 0 Å². The second-order valence-corrected chi connectivity index (χ2v) is 3.75. The summed E-state index contributed by atoms with van der Waals surface area (Å²) in [6.45, 7) is 1.85. The molecule has 0 radical (unpaired) electrons. The second kappa shape index (κ2) is 4.78. The summed E-state index contributed by atoms with van der Waals surface area (Å²) in [5.41, 5.74) is 2.03. The number of halogens is 1. The highest BCUT2D eigenvalue weighted by atomic mass is 19.1. The highest BCUT2D eigenvalue weighted by molar-refractivity contribution is 5.70. The molecule has 2 aromatic rings. The molecule has 86 valence electrons. The average molecular weight is 229 g/mol. The lowest BCUT2D eigenvalue weighted by Gasteiger charge is -1.99. The number of nitrogens with zero attached hydrogens (tertiary/aromatic N) is 1. The Morgan fingerprint density at radius 1 is 1.18 bits per heavy atom. The van der Waals surface area contributed by atoms with Crippen LogP contribution in [0.4, 0.5) is 4.39 Å². The van der Waals surface area contributed by atoms with Crippen molar-refractivity contribution < 1.29 is 9.50 Å². The molecule has 0 aliphatic heterocycles. The van der Waals surface area contributed by atoms with E-state index in [1.807, 2.05) is 6.92 Å². The molecule has 0 amide bonds. The maximum absolute atomic E-state index is 12.9. The molecule has 1 heterocycles. The van der Waals surface area contributed by atoms with Crippen LogP contribution in [0.2, 0.25) is 0 Å². The molecule has 0 atom stereocenters. The van der Waals surface area contributed by atoms with Gasteiger partial charge >= 0.3 is 0 Å². The summed E-state index contributed by atoms with van der Waals surface area (Å²) in [6.07, 6.45) is 3.38. The number of rotatable bonds is 2. The van der Waals surface area contributed by atoms with Gasteiger partial charge in [-0.1, -0.05) is 18.2 Å². The molecule has 0 aliphatic carbocycles. The molecule has 1 aromatic carbocycles. The van der Waals surface area contributed by atoms with Gasteiger partial charge in [-0.2, -0.15) is 0 Å². The topological polar surface area (TPSA) is 33.1 Å². The molecule has 2 nitrogen and oxygen atoms in total. The van der Waals surface area contributed by atoms with Crippen LogP contribution in [0.15, 0.2) is 36.4 Å². The van der Waals surface area contributed by atoms with Gasteiger partial charge in [0.15, 0.2) is 0 Å². The first kappa shape index (κ1) is 11.3. The van der Waals surface area contributed by atoms with E-state index in [4.69, 9.17) is 0 Å². The van der Waals surface area contributed by atoms with E-state index in [1.165, 1.54) is 12.1 Å². The SMILES string of the molecule is Cc1ccc(O)c(/C=C/c2cccc(F)c2)n1. The molecule has 0 saturated carbocycles. The lowest BCUT2D eigenvalue weighted by Crippen LogP contribution is -1.85. The Kier molecular flexibility index (Phi) is 3.19. The predicted octanol–water partition coefficient (Wildman–Crippen LogP) is 3.41. The van der Waals surface area contributed by atoms with Crippen molar-refractivity contribution in [2.45, 2.75) is 6.92 Å². The monoisotopic (exact) mass is 229 g/mol. The van der Waals surface area contributed by atoms with Crippen molar-refractivity contribution in [3.63, 3.8) is 0 Å². The van der Waals surface area contributed by atoms with Gasteiger partial charge in [-0.15, -0.1) is 0 Å². The zero-order valence-electron chi connectivity index (χ0n) is 9.39. The molecule has 2 rings (SSSR count). The van der Waals surface area contributed by atoms with Gasteiger partial charge in [0.25, 0.3) is 0 Å². The number of hydrogen-bond donors (Lipinski definition) is 1. The van der Waals surface area contributed by atoms with Crippen LogP contribution in [0.1, 0.15) is 17.0 Å². The number of aryl methyl sites for hydroxylation is 1. The Balaban J connectivity index is 2.29. The number of aromatic hydroxyl groups is 1. The molecular weight excluding hydrogens is 217 g/mol. The van der Waals surface area contributed by atoms with Crippen molar-refractivity contribution in [3.05, 3.63) is 59.2 Å². The molecule has 0 spiro atoms. The van der Waals surface area contributed by atoms with Crippen LogP contribution in [0.5, 0.6) is 5.75 Å². The first-order chi connectivity index (χ1) is 8.15. The summed E-state index contributed by atoms with van der Waals surface area (Å²) < 4.78 is 12.9. The Labute approximate surface area is 99.1 Å². The fraction of sp³-hybridized carbons (Fsp3) is 0.0714. The third-order valence-corrected chi connectivity index (χ3v) is 2.32. The average Bonchev–Trinajstić information content (AvgIpc) is 2.30. The maximum Gasteiger partial charge on any atom is 0.141 e. The summed E-state index contributed by atoms with van der Waals surface area (Å²) in [5, 5.41) is 9.58. The largest absolute Gasteiger partial charge is 0.506 e. The molecule has 17 heavy (non-hydrogen) atoms. The van der Waals surface area contributed by atoms with Gasteiger partial charge in [0, 0.05) is 5.69 Å². The van der Waals surface area contributed by atoms with E-state index < -0.39 is 0 Å². The van der Waals surface area contributed by atoms with Gasteiger partial charge in [-0.25, -0.2) is 9.37 Å². The van der Waals surface area contributed by atoms with Crippen LogP contribution in [-0.4, -0.2) is 10.1 Å². The zero-order chi connectivity index (χ0) is 12.3. The molecule has 0 unspecified atom stereocenters. The van der Waals surface area contributed by atoms with Gasteiger partial charge < -0.3 is 5.11 Å². The van der Waals surface area contributed by atoms with E-state index in [0.717, 1.165) is 11.3 Å². The summed E-state index contributed by atoms with van der Waals surface area (Å²) >= 11 is 0. The van der Waals surface area contributed by atoms with Gasteiger partial charge in [0.1, 0.15) is 17.3 Å². The zero-order valence-corrected chi connectivity index (χ0v) is 9.39. The lowest BCUT2D eigenvalue weighted by molar-refractivity contribution is 0.471. The van der Waals surface area contributed by atoms with Gasteiger partial charge in [-0.3, -0.25) is 0 Å². The van der Waals surface area contributed by atoms with Crippen molar-refractivity contribution in [1.29, 1.82) is 0 Å². The fourth-order valence-electron chi connectivity index (χ4n) is 1.48. The molecular formula is C14H12FNO. The van der Waals surface area contributed by atoms with Crippen LogP contribution >= 0.6 is 0 Å². The number of hydrogen-bond acceptors (Lipinski definition) is 2. The lowest BCUT2D eigenvalue weighted by atomic mass is 10.2. The standard InChI is InChI=1S/C14H12FNO/c1-10-5-8-14(17)13(16-10)7-6-11-3-2-4-12(15)9-11/h2-9,17H,1H3/b7-6+. The second-order valence-electron chi connectivity index (χ2n) is 3.75. The number of benzene rings is 1. The first-order valence-corrected chi connectivity index (χ1v) is 5.25. The number of aromatic nitrogens is 1. The molecule has 1 N–H and O–H groups in total. The Morgan fingerprint density at radius 3 is 2.76 bits per heavy atom. The summed E-state index contributed by atoms with van der Waals surface area (Å²) in [7, 11) is 0. The Morgan fingerprint density at radius 2 is 2.00 bits per heavy atom. The third-order valence-electron chi connectivity index (χ3n) is 2.32. The Hall–Kier alpha value is -2.16. The minimum absolute atomic E-state index is 0.114. The normalized spacial score (nSPS) is 10.9. The van der Waals surface area contributed by atoms with Gasteiger partial charge in [0.2, 0.25) is 0 Å². The highest BCUT2D eigenvalue weighted by Crippen LogP contribution is 2.17. The molecule has 0 bridgehead atoms. The Bertz CT molecular complexity index is 564. The minimum Gasteiger partial charge on any atom is -0.506 e. The van der Waals surface area contributed by atoms with Crippen molar-refractivity contribution in [1.82, 2.24) is 4.98 Å². The van der Waals surface area contributed by atoms with Crippen LogP contribution < -0.4 is 0 Å². The summed E-state index contributed by atoms with van der Waals surface area (Å²) in [4.78, 5) is 4.18.